The van der Waals surface area contributed by atoms with Crippen LogP contribution < -0.4 is 4.74 Å². The van der Waals surface area contributed by atoms with Crippen LogP contribution in [0.5, 0.6) is 5.75 Å². The highest BCUT2D eigenvalue weighted by atomic mass is 79.9. The third-order valence-corrected chi connectivity index (χ3v) is 8.59. The smallest absolute Gasteiger partial charge is 0.404 e. The number of hydrogen-bond donors (Lipinski definition) is 0. The van der Waals surface area contributed by atoms with Crippen molar-refractivity contribution >= 4 is 49.4 Å². The van der Waals surface area contributed by atoms with Crippen molar-refractivity contribution in [2.24, 2.45) is 0 Å². The van der Waals surface area contributed by atoms with E-state index < -0.39 is 50.9 Å². The molecule has 204 valence electrons. The molecule has 2 aromatic rings. The van der Waals surface area contributed by atoms with E-state index in [0.717, 1.165) is 21.3 Å². The zero-order chi connectivity index (χ0) is 28.0. The zero-order valence-electron chi connectivity index (χ0n) is 20.1. The van der Waals surface area contributed by atoms with Crippen LogP contribution >= 0.6 is 27.5 Å². The molecular weight excluding hydrogens is 615 g/mol. The van der Waals surface area contributed by atoms with Gasteiger partial charge in [-0.25, -0.2) is 12.7 Å². The maximum atomic E-state index is 13.8. The fraction of sp³-hybridized carbons (Fsp3) is 0.333. The van der Waals surface area contributed by atoms with Crippen molar-refractivity contribution < 1.29 is 35.9 Å². The summed E-state index contributed by atoms with van der Waals surface area (Å²) in [6.07, 6.45) is -4.11. The third-order valence-electron chi connectivity index (χ3n) is 6.00. The van der Waals surface area contributed by atoms with E-state index in [9.17, 15) is 31.2 Å². The minimum atomic E-state index is -5.15. The number of halogens is 5. The van der Waals surface area contributed by atoms with Crippen LogP contribution in [0.25, 0.3) is 0 Å². The maximum absolute atomic E-state index is 13.8. The Morgan fingerprint density at radius 3 is 2.39 bits per heavy atom. The van der Waals surface area contributed by atoms with Gasteiger partial charge < -0.3 is 9.64 Å². The predicted octanol–water partition coefficient (Wildman–Crippen LogP) is 4.88. The van der Waals surface area contributed by atoms with Gasteiger partial charge in [-0.1, -0.05) is 39.7 Å². The van der Waals surface area contributed by atoms with Gasteiger partial charge in [-0.2, -0.15) is 0 Å². The fourth-order valence-corrected chi connectivity index (χ4v) is 6.31. The highest BCUT2D eigenvalue weighted by Gasteiger charge is 2.47. The molecule has 8 nitrogen and oxygen atoms in total. The number of sulfonamides is 1. The van der Waals surface area contributed by atoms with Crippen molar-refractivity contribution in [1.82, 2.24) is 14.1 Å². The zero-order valence-corrected chi connectivity index (χ0v) is 23.2. The van der Waals surface area contributed by atoms with E-state index in [1.165, 1.54) is 17.2 Å². The molecule has 1 saturated heterocycles. The van der Waals surface area contributed by atoms with Gasteiger partial charge in [-0.05, 0) is 49.7 Å². The second kappa shape index (κ2) is 10.4. The summed E-state index contributed by atoms with van der Waals surface area (Å²) in [5.74, 6) is -1.97. The number of hydrogen-bond acceptors (Lipinski definition) is 5. The number of nitrogens with zero attached hydrogens (tertiary/aromatic N) is 3. The largest absolute Gasteiger partial charge is 0.573 e. The number of fused-ring (bicyclic) bond motifs is 1. The molecule has 0 N–H and O–H groups in total. The first kappa shape index (κ1) is 28.2. The molecule has 38 heavy (non-hydrogen) atoms. The number of alkyl halides is 3. The van der Waals surface area contributed by atoms with E-state index in [4.69, 9.17) is 11.6 Å². The quantitative estimate of drug-likeness (QED) is 0.451. The standard InChI is InChI=1S/C24H22BrClF3N3O5S/c1-14(2)30-13-21-31(38(35,36)20-8-5-16(25)12-19(20)37-24(27,28)29)10-9-22(33)32(21)18(23(30)34)11-15-3-6-17(26)7-4-15/h3-8,12-14,18H,9-11H2,1-2H3. The molecule has 2 amide bonds. The Balaban J connectivity index is 1.82. The Hall–Kier alpha value is -2.77. The molecule has 14 heteroatoms. The molecule has 2 aliphatic heterocycles. The summed E-state index contributed by atoms with van der Waals surface area (Å²) in [5.41, 5.74) is 0.680. The lowest BCUT2D eigenvalue weighted by Gasteiger charge is -2.47. The van der Waals surface area contributed by atoms with Crippen molar-refractivity contribution in [3.05, 3.63) is 69.5 Å². The van der Waals surface area contributed by atoms with Gasteiger partial charge in [0, 0.05) is 41.1 Å². The van der Waals surface area contributed by atoms with Gasteiger partial charge in [0.1, 0.15) is 16.8 Å². The van der Waals surface area contributed by atoms with Gasteiger partial charge >= 0.3 is 6.36 Å². The summed E-state index contributed by atoms with van der Waals surface area (Å²) in [6, 6.07) is 8.32. The summed E-state index contributed by atoms with van der Waals surface area (Å²) in [6.45, 7) is 3.10. The second-order valence-corrected chi connectivity index (χ2v) is 12.1. The highest BCUT2D eigenvalue weighted by Crippen LogP contribution is 2.38. The lowest BCUT2D eigenvalue weighted by Crippen LogP contribution is -2.61. The summed E-state index contributed by atoms with van der Waals surface area (Å²) in [4.78, 5) is 28.3. The minimum absolute atomic E-state index is 0.0664. The summed E-state index contributed by atoms with van der Waals surface area (Å²) < 4.78 is 71.9. The van der Waals surface area contributed by atoms with E-state index in [0.29, 0.717) is 10.6 Å². The van der Waals surface area contributed by atoms with Gasteiger partial charge in [0.25, 0.3) is 10.0 Å². The molecule has 2 aliphatic rings. The van der Waals surface area contributed by atoms with E-state index in [1.807, 2.05) is 0 Å². The maximum Gasteiger partial charge on any atom is 0.573 e. The Morgan fingerprint density at radius 1 is 1.13 bits per heavy atom. The molecule has 0 spiro atoms. The number of carbonyl (C=O) groups is 2. The minimum Gasteiger partial charge on any atom is -0.404 e. The van der Waals surface area contributed by atoms with Crippen LogP contribution in [0.15, 0.2) is 63.9 Å². The fourth-order valence-electron chi connectivity index (χ4n) is 4.30. The van der Waals surface area contributed by atoms with Crippen molar-refractivity contribution in [2.45, 2.75) is 50.0 Å². The number of carbonyl (C=O) groups excluding carboxylic acids is 2. The summed E-state index contributed by atoms with van der Waals surface area (Å²) >= 11 is 9.00. The Labute approximate surface area is 230 Å². The molecule has 1 fully saturated rings. The van der Waals surface area contributed by atoms with Crippen LogP contribution in [0.4, 0.5) is 13.2 Å². The molecule has 2 heterocycles. The lowest BCUT2D eigenvalue weighted by molar-refractivity contribution is -0.275. The summed E-state index contributed by atoms with van der Waals surface area (Å²) in [5, 5.41) is 0.478. The molecule has 0 radical (unpaired) electrons. The van der Waals surface area contributed by atoms with Crippen LogP contribution in [0.1, 0.15) is 25.8 Å². The molecular formula is C24H22BrClF3N3O5S. The van der Waals surface area contributed by atoms with Crippen LogP contribution in [0.3, 0.4) is 0 Å². The molecule has 0 saturated carbocycles. The first-order valence-corrected chi connectivity index (χ1v) is 14.0. The van der Waals surface area contributed by atoms with Gasteiger partial charge in [-0.15, -0.1) is 13.2 Å². The first-order chi connectivity index (χ1) is 17.7. The number of benzene rings is 2. The van der Waals surface area contributed by atoms with E-state index in [1.54, 1.807) is 38.1 Å². The highest BCUT2D eigenvalue weighted by molar-refractivity contribution is 9.10. The number of ether oxygens (including phenoxy) is 1. The number of amides is 2. The molecule has 2 aromatic carbocycles. The Bertz CT molecular complexity index is 1400. The second-order valence-electron chi connectivity index (χ2n) is 8.90. The monoisotopic (exact) mass is 635 g/mol. The van der Waals surface area contributed by atoms with Crippen LogP contribution in [-0.2, 0) is 26.0 Å². The molecule has 4 rings (SSSR count). The van der Waals surface area contributed by atoms with Gasteiger partial charge in [0.05, 0.1) is 0 Å². The lowest BCUT2D eigenvalue weighted by atomic mass is 10.00. The first-order valence-electron chi connectivity index (χ1n) is 11.4. The normalized spacial score (nSPS) is 18.6. The molecule has 0 bridgehead atoms. The molecule has 0 aromatic heterocycles. The predicted molar refractivity (Wildman–Crippen MR) is 135 cm³/mol. The van der Waals surface area contributed by atoms with Crippen LogP contribution in [0.2, 0.25) is 5.02 Å². The topological polar surface area (TPSA) is 87.2 Å². The van der Waals surface area contributed by atoms with Crippen molar-refractivity contribution in [3.8, 4) is 5.75 Å². The van der Waals surface area contributed by atoms with Crippen molar-refractivity contribution in [2.75, 3.05) is 6.54 Å². The average molecular weight is 637 g/mol. The molecule has 1 unspecified atom stereocenters. The Morgan fingerprint density at radius 2 is 1.79 bits per heavy atom. The molecule has 0 aliphatic carbocycles. The Kier molecular flexibility index (Phi) is 7.74. The van der Waals surface area contributed by atoms with E-state index >= 15 is 0 Å². The third kappa shape index (κ3) is 5.64. The van der Waals surface area contributed by atoms with E-state index in [-0.39, 0.29) is 29.7 Å². The average Bonchev–Trinajstić information content (AvgIpc) is 2.80. The van der Waals surface area contributed by atoms with Crippen molar-refractivity contribution in [1.29, 1.82) is 0 Å². The molecule has 1 atom stereocenters. The SMILES string of the molecule is CC(C)N1C=C2N(C(=O)CCN2S(=O)(=O)c2ccc(Br)cc2OC(F)(F)F)C(Cc2ccc(Cl)cc2)C1=O. The van der Waals surface area contributed by atoms with Gasteiger partial charge in [-0.3, -0.25) is 14.5 Å². The number of rotatable bonds is 6. The van der Waals surface area contributed by atoms with Crippen LogP contribution in [0, 0.1) is 0 Å². The van der Waals surface area contributed by atoms with Crippen LogP contribution in [-0.4, -0.2) is 59.3 Å². The van der Waals surface area contributed by atoms with Gasteiger partial charge in [0.2, 0.25) is 11.8 Å². The van der Waals surface area contributed by atoms with Gasteiger partial charge in [0.15, 0.2) is 5.75 Å². The van der Waals surface area contributed by atoms with Crippen molar-refractivity contribution in [3.63, 3.8) is 0 Å². The van der Waals surface area contributed by atoms with E-state index in [2.05, 4.69) is 20.7 Å². The summed E-state index contributed by atoms with van der Waals surface area (Å²) in [7, 11) is -4.67.